The fraction of sp³-hybridized carbons (Fsp3) is 0.944. The van der Waals surface area contributed by atoms with E-state index in [-0.39, 0.29) is 5.41 Å². The molecule has 2 fully saturated rings. The molecule has 1 saturated carbocycles. The molecule has 0 aromatic carbocycles. The quantitative estimate of drug-likeness (QED) is 0.787. The zero-order valence-electron chi connectivity index (χ0n) is 14.0. The Labute approximate surface area is 130 Å². The summed E-state index contributed by atoms with van der Waals surface area (Å²) in [6, 6.07) is 0. The molecule has 0 spiro atoms. The van der Waals surface area contributed by atoms with E-state index in [4.69, 9.17) is 0 Å². The monoisotopic (exact) mass is 294 g/mol. The Hall–Kier alpha value is -0.570. The first-order valence-corrected chi connectivity index (χ1v) is 9.15. The largest absolute Gasteiger partial charge is 0.356 e. The van der Waals surface area contributed by atoms with Crippen LogP contribution in [0.2, 0.25) is 0 Å². The number of hydrogen-bond donors (Lipinski definition) is 2. The molecule has 1 saturated heterocycles. The van der Waals surface area contributed by atoms with Crippen molar-refractivity contribution in [3.8, 4) is 0 Å². The van der Waals surface area contributed by atoms with Gasteiger partial charge in [-0.15, -0.1) is 0 Å². The van der Waals surface area contributed by atoms with Crippen molar-refractivity contribution in [3.05, 3.63) is 0 Å². The van der Waals surface area contributed by atoms with Gasteiger partial charge in [-0.2, -0.15) is 0 Å². The lowest BCUT2D eigenvalue weighted by molar-refractivity contribution is -0.133. The van der Waals surface area contributed by atoms with Crippen LogP contribution in [0, 0.1) is 17.3 Å². The fourth-order valence-corrected chi connectivity index (χ4v) is 4.17. The minimum absolute atomic E-state index is 0.0823. The standard InChI is InChI=1S/C18H34N2O/c1-3-9-18(10-13-19-14-11-18)17(21)20-12-8-16-6-4-15(2)5-7-16/h15-16,19H,3-14H2,1-2H3,(H,20,21). The minimum Gasteiger partial charge on any atom is -0.356 e. The summed E-state index contributed by atoms with van der Waals surface area (Å²) in [5.41, 5.74) is -0.0823. The summed E-state index contributed by atoms with van der Waals surface area (Å²) in [4.78, 5) is 12.7. The third kappa shape index (κ3) is 4.70. The van der Waals surface area contributed by atoms with Gasteiger partial charge in [0.05, 0.1) is 5.41 Å². The van der Waals surface area contributed by atoms with Crippen LogP contribution in [-0.2, 0) is 4.79 Å². The van der Waals surface area contributed by atoms with Crippen molar-refractivity contribution in [2.24, 2.45) is 17.3 Å². The van der Waals surface area contributed by atoms with E-state index in [0.29, 0.717) is 5.91 Å². The number of rotatable bonds is 6. The molecule has 1 heterocycles. The van der Waals surface area contributed by atoms with Gasteiger partial charge < -0.3 is 10.6 Å². The Morgan fingerprint density at radius 2 is 1.86 bits per heavy atom. The molecule has 122 valence electrons. The average molecular weight is 294 g/mol. The molecule has 0 atom stereocenters. The summed E-state index contributed by atoms with van der Waals surface area (Å²) in [7, 11) is 0. The van der Waals surface area contributed by atoms with Gasteiger partial charge in [-0.25, -0.2) is 0 Å². The highest BCUT2D eigenvalue weighted by Crippen LogP contribution is 2.34. The highest BCUT2D eigenvalue weighted by atomic mass is 16.2. The van der Waals surface area contributed by atoms with Gasteiger partial charge in [-0.3, -0.25) is 4.79 Å². The van der Waals surface area contributed by atoms with Crippen LogP contribution in [-0.4, -0.2) is 25.5 Å². The summed E-state index contributed by atoms with van der Waals surface area (Å²) in [6.07, 6.45) is 10.8. The van der Waals surface area contributed by atoms with Crippen LogP contribution in [0.5, 0.6) is 0 Å². The SMILES string of the molecule is CCCC1(C(=O)NCCC2CCC(C)CC2)CCNCC1. The molecule has 3 heteroatoms. The van der Waals surface area contributed by atoms with Crippen LogP contribution in [0.15, 0.2) is 0 Å². The van der Waals surface area contributed by atoms with Gasteiger partial charge in [-0.1, -0.05) is 46.0 Å². The van der Waals surface area contributed by atoms with E-state index in [9.17, 15) is 4.79 Å². The van der Waals surface area contributed by atoms with Crippen LogP contribution in [0.4, 0.5) is 0 Å². The number of carbonyl (C=O) groups excluding carboxylic acids is 1. The van der Waals surface area contributed by atoms with E-state index in [0.717, 1.165) is 57.2 Å². The van der Waals surface area contributed by atoms with Crippen LogP contribution >= 0.6 is 0 Å². The maximum absolute atomic E-state index is 12.7. The molecule has 2 N–H and O–H groups in total. The van der Waals surface area contributed by atoms with E-state index in [2.05, 4.69) is 24.5 Å². The minimum atomic E-state index is -0.0823. The van der Waals surface area contributed by atoms with E-state index < -0.39 is 0 Å². The molecule has 2 aliphatic rings. The average Bonchev–Trinajstić information content (AvgIpc) is 2.50. The second kappa shape index (κ2) is 8.17. The van der Waals surface area contributed by atoms with Gasteiger partial charge in [0, 0.05) is 6.54 Å². The maximum Gasteiger partial charge on any atom is 0.226 e. The van der Waals surface area contributed by atoms with Crippen molar-refractivity contribution in [2.75, 3.05) is 19.6 Å². The molecule has 1 amide bonds. The molecule has 2 rings (SSSR count). The first-order valence-electron chi connectivity index (χ1n) is 9.15. The number of amides is 1. The Morgan fingerprint density at radius 1 is 1.19 bits per heavy atom. The zero-order chi connectivity index (χ0) is 15.1. The van der Waals surface area contributed by atoms with Gasteiger partial charge in [0.2, 0.25) is 5.91 Å². The molecule has 21 heavy (non-hydrogen) atoms. The van der Waals surface area contributed by atoms with Gasteiger partial charge in [0.1, 0.15) is 0 Å². The van der Waals surface area contributed by atoms with Crippen LogP contribution in [0.3, 0.4) is 0 Å². The molecule has 1 aliphatic heterocycles. The van der Waals surface area contributed by atoms with E-state index in [1.54, 1.807) is 0 Å². The van der Waals surface area contributed by atoms with E-state index >= 15 is 0 Å². The van der Waals surface area contributed by atoms with Gasteiger partial charge in [0.15, 0.2) is 0 Å². The molecule has 0 radical (unpaired) electrons. The lowest BCUT2D eigenvalue weighted by atomic mass is 9.74. The molecular weight excluding hydrogens is 260 g/mol. The Kier molecular flexibility index (Phi) is 6.53. The van der Waals surface area contributed by atoms with Gasteiger partial charge >= 0.3 is 0 Å². The summed E-state index contributed by atoms with van der Waals surface area (Å²) < 4.78 is 0. The summed E-state index contributed by atoms with van der Waals surface area (Å²) >= 11 is 0. The third-order valence-electron chi connectivity index (χ3n) is 5.74. The van der Waals surface area contributed by atoms with Crippen LogP contribution in [0.1, 0.15) is 71.6 Å². The predicted octanol–water partition coefficient (Wildman–Crippen LogP) is 3.49. The van der Waals surface area contributed by atoms with Crippen molar-refractivity contribution in [1.82, 2.24) is 10.6 Å². The van der Waals surface area contributed by atoms with Crippen molar-refractivity contribution in [2.45, 2.75) is 71.6 Å². The third-order valence-corrected chi connectivity index (χ3v) is 5.74. The van der Waals surface area contributed by atoms with Gasteiger partial charge in [-0.05, 0) is 50.6 Å². The molecule has 3 nitrogen and oxygen atoms in total. The predicted molar refractivity (Wildman–Crippen MR) is 88.2 cm³/mol. The molecule has 1 aliphatic carbocycles. The van der Waals surface area contributed by atoms with E-state index in [1.807, 2.05) is 0 Å². The highest BCUT2D eigenvalue weighted by molar-refractivity contribution is 5.82. The molecular formula is C18H34N2O. The van der Waals surface area contributed by atoms with Crippen molar-refractivity contribution in [1.29, 1.82) is 0 Å². The van der Waals surface area contributed by atoms with Gasteiger partial charge in [0.25, 0.3) is 0 Å². The lowest BCUT2D eigenvalue weighted by Gasteiger charge is -2.36. The topological polar surface area (TPSA) is 41.1 Å². The molecule has 0 aromatic heterocycles. The lowest BCUT2D eigenvalue weighted by Crippen LogP contribution is -2.48. The summed E-state index contributed by atoms with van der Waals surface area (Å²) in [5.74, 6) is 2.09. The highest BCUT2D eigenvalue weighted by Gasteiger charge is 2.38. The number of nitrogens with one attached hydrogen (secondary N) is 2. The molecule has 0 bridgehead atoms. The molecule has 0 aromatic rings. The van der Waals surface area contributed by atoms with Crippen LogP contribution in [0.25, 0.3) is 0 Å². The second-order valence-corrected chi connectivity index (χ2v) is 7.45. The van der Waals surface area contributed by atoms with Crippen molar-refractivity contribution < 1.29 is 4.79 Å². The Bertz CT molecular complexity index is 310. The fourth-order valence-electron chi connectivity index (χ4n) is 4.17. The first kappa shape index (κ1) is 16.8. The Balaban J connectivity index is 1.74. The normalized spacial score (nSPS) is 29.0. The summed E-state index contributed by atoms with van der Waals surface area (Å²) in [6.45, 7) is 7.43. The van der Waals surface area contributed by atoms with E-state index in [1.165, 1.54) is 32.1 Å². The van der Waals surface area contributed by atoms with Crippen molar-refractivity contribution in [3.63, 3.8) is 0 Å². The first-order chi connectivity index (χ1) is 10.2. The van der Waals surface area contributed by atoms with Crippen LogP contribution < -0.4 is 10.6 Å². The Morgan fingerprint density at radius 3 is 2.48 bits per heavy atom. The number of carbonyl (C=O) groups is 1. The van der Waals surface area contributed by atoms with Crippen molar-refractivity contribution >= 4 is 5.91 Å². The second-order valence-electron chi connectivity index (χ2n) is 7.45. The molecule has 0 unspecified atom stereocenters. The number of piperidine rings is 1. The zero-order valence-corrected chi connectivity index (χ0v) is 14.0. The number of hydrogen-bond acceptors (Lipinski definition) is 2. The summed E-state index contributed by atoms with van der Waals surface area (Å²) in [5, 5.41) is 6.65. The maximum atomic E-state index is 12.7. The smallest absolute Gasteiger partial charge is 0.226 e.